The number of benzene rings is 1. The van der Waals surface area contributed by atoms with Crippen LogP contribution >= 0.6 is 0 Å². The van der Waals surface area contributed by atoms with Gasteiger partial charge in [0.05, 0.1) is 20.8 Å². The normalized spacial score (nSPS) is 14.9. The highest BCUT2D eigenvalue weighted by Gasteiger charge is 2.24. The lowest BCUT2D eigenvalue weighted by molar-refractivity contribution is -0.123. The van der Waals surface area contributed by atoms with Gasteiger partial charge in [-0.05, 0) is 19.1 Å². The highest BCUT2D eigenvalue weighted by atomic mass is 16.5. The van der Waals surface area contributed by atoms with Crippen LogP contribution in [0.25, 0.3) is 6.08 Å². The van der Waals surface area contributed by atoms with Crippen molar-refractivity contribution in [2.45, 2.75) is 6.92 Å². The molecule has 1 heterocycles. The lowest BCUT2D eigenvalue weighted by Crippen LogP contribution is -2.49. The minimum absolute atomic E-state index is 0.0755. The number of carbonyl (C=O) groups excluding carboxylic acids is 2. The number of hydrogen-bond donors (Lipinski definition) is 1. The lowest BCUT2D eigenvalue weighted by Gasteiger charge is -2.27. The first-order valence-corrected chi connectivity index (χ1v) is 7.05. The summed E-state index contributed by atoms with van der Waals surface area (Å²) in [5.41, 5.74) is 1.23. The Hall–Kier alpha value is -2.50. The first-order valence-electron chi connectivity index (χ1n) is 7.05. The molecule has 0 aliphatic carbocycles. The van der Waals surface area contributed by atoms with E-state index in [0.29, 0.717) is 30.2 Å². The first-order chi connectivity index (χ1) is 10.6. The summed E-state index contributed by atoms with van der Waals surface area (Å²) in [4.78, 5) is 25.6. The maximum Gasteiger partial charge on any atom is 0.254 e. The van der Waals surface area contributed by atoms with Crippen molar-refractivity contribution in [2.75, 3.05) is 33.9 Å². The molecule has 1 fully saturated rings. The molecule has 6 heteroatoms. The van der Waals surface area contributed by atoms with Gasteiger partial charge in [0.2, 0.25) is 5.91 Å². The van der Waals surface area contributed by atoms with Gasteiger partial charge in [0.15, 0.2) is 11.5 Å². The van der Waals surface area contributed by atoms with E-state index in [9.17, 15) is 9.59 Å². The van der Waals surface area contributed by atoms with Gasteiger partial charge in [-0.2, -0.15) is 0 Å². The number of ether oxygens (including phenoxy) is 2. The molecule has 2 rings (SSSR count). The van der Waals surface area contributed by atoms with Gasteiger partial charge >= 0.3 is 0 Å². The number of nitrogens with zero attached hydrogens (tertiary/aromatic N) is 1. The van der Waals surface area contributed by atoms with Crippen molar-refractivity contribution in [1.82, 2.24) is 10.2 Å². The molecule has 0 aromatic heterocycles. The summed E-state index contributed by atoms with van der Waals surface area (Å²) in [7, 11) is 3.08. The molecule has 2 amide bonds. The second kappa shape index (κ2) is 6.98. The fourth-order valence-electron chi connectivity index (χ4n) is 2.42. The number of carbonyl (C=O) groups is 2. The summed E-state index contributed by atoms with van der Waals surface area (Å²) in [6.45, 7) is 2.93. The van der Waals surface area contributed by atoms with Crippen molar-refractivity contribution in [2.24, 2.45) is 0 Å². The minimum atomic E-state index is -0.193. The van der Waals surface area contributed by atoms with Gasteiger partial charge < -0.3 is 19.7 Å². The summed E-state index contributed by atoms with van der Waals surface area (Å²) in [6.07, 6.45) is 3.71. The Bertz CT molecular complexity index is 610. The molecule has 1 N–H and O–H groups in total. The van der Waals surface area contributed by atoms with Crippen molar-refractivity contribution in [3.8, 4) is 11.5 Å². The number of nitrogens with one attached hydrogen (secondary N) is 1. The average Bonchev–Trinajstić information content (AvgIpc) is 2.53. The van der Waals surface area contributed by atoms with E-state index in [1.165, 1.54) is 12.0 Å². The highest BCUT2D eigenvalue weighted by molar-refractivity contribution is 5.98. The van der Waals surface area contributed by atoms with Crippen LogP contribution in [0.5, 0.6) is 11.5 Å². The predicted molar refractivity (Wildman–Crippen MR) is 83.2 cm³/mol. The molecule has 1 aliphatic heterocycles. The third kappa shape index (κ3) is 3.21. The van der Waals surface area contributed by atoms with Crippen LogP contribution in [0.1, 0.15) is 22.8 Å². The fourth-order valence-corrected chi connectivity index (χ4v) is 2.42. The summed E-state index contributed by atoms with van der Waals surface area (Å²) in [6, 6.07) is 3.39. The third-order valence-corrected chi connectivity index (χ3v) is 3.43. The number of hydrogen-bond acceptors (Lipinski definition) is 4. The van der Waals surface area contributed by atoms with Crippen molar-refractivity contribution >= 4 is 17.9 Å². The molecule has 0 unspecified atom stereocenters. The van der Waals surface area contributed by atoms with E-state index in [0.717, 1.165) is 5.56 Å². The second-order valence-electron chi connectivity index (χ2n) is 4.88. The van der Waals surface area contributed by atoms with Crippen molar-refractivity contribution < 1.29 is 19.1 Å². The molecule has 1 aromatic rings. The molecule has 0 bridgehead atoms. The molecule has 0 spiro atoms. The Labute approximate surface area is 129 Å². The summed E-state index contributed by atoms with van der Waals surface area (Å²) >= 11 is 0. The number of amides is 2. The standard InChI is InChI=1S/C16H20N2O4/c1-4-5-11-8-12(9-13(21-2)15(11)22-3)16(20)18-7-6-17-14(19)10-18/h4-5,8-9H,6-7,10H2,1-3H3,(H,17,19)/b5-4+. The van der Waals surface area contributed by atoms with Crippen LogP contribution in [0.4, 0.5) is 0 Å². The smallest absolute Gasteiger partial charge is 0.254 e. The van der Waals surface area contributed by atoms with E-state index < -0.39 is 0 Å². The van der Waals surface area contributed by atoms with Gasteiger partial charge in [0.25, 0.3) is 5.91 Å². The Morgan fingerprint density at radius 3 is 2.68 bits per heavy atom. The minimum Gasteiger partial charge on any atom is -0.493 e. The van der Waals surface area contributed by atoms with Gasteiger partial charge in [-0.3, -0.25) is 9.59 Å². The maximum absolute atomic E-state index is 12.6. The largest absolute Gasteiger partial charge is 0.493 e. The number of piperazine rings is 1. The quantitative estimate of drug-likeness (QED) is 0.910. The average molecular weight is 304 g/mol. The van der Waals surface area contributed by atoms with Crippen LogP contribution in [-0.2, 0) is 4.79 Å². The van der Waals surface area contributed by atoms with E-state index in [1.807, 2.05) is 19.1 Å². The van der Waals surface area contributed by atoms with Crippen LogP contribution in [-0.4, -0.2) is 50.6 Å². The Morgan fingerprint density at radius 2 is 2.09 bits per heavy atom. The molecular formula is C16H20N2O4. The molecule has 0 atom stereocenters. The monoisotopic (exact) mass is 304 g/mol. The highest BCUT2D eigenvalue weighted by Crippen LogP contribution is 2.34. The van der Waals surface area contributed by atoms with Crippen LogP contribution in [0, 0.1) is 0 Å². The van der Waals surface area contributed by atoms with Crippen LogP contribution in [0.15, 0.2) is 18.2 Å². The molecule has 0 radical (unpaired) electrons. The molecule has 1 saturated heterocycles. The van der Waals surface area contributed by atoms with Crippen LogP contribution < -0.4 is 14.8 Å². The van der Waals surface area contributed by atoms with Gasteiger partial charge in [0.1, 0.15) is 0 Å². The van der Waals surface area contributed by atoms with E-state index in [4.69, 9.17) is 9.47 Å². The van der Waals surface area contributed by atoms with E-state index in [2.05, 4.69) is 5.32 Å². The number of allylic oxidation sites excluding steroid dienone is 1. The zero-order valence-corrected chi connectivity index (χ0v) is 13.0. The SMILES string of the molecule is C/C=C/c1cc(C(=O)N2CCNC(=O)C2)cc(OC)c1OC. The summed E-state index contributed by atoms with van der Waals surface area (Å²) < 4.78 is 10.7. The molecule has 22 heavy (non-hydrogen) atoms. The Kier molecular flexibility index (Phi) is 5.04. The lowest BCUT2D eigenvalue weighted by atomic mass is 10.1. The Balaban J connectivity index is 2.39. The van der Waals surface area contributed by atoms with Gasteiger partial charge in [-0.15, -0.1) is 0 Å². The van der Waals surface area contributed by atoms with Gasteiger partial charge in [-0.25, -0.2) is 0 Å². The van der Waals surface area contributed by atoms with Crippen LogP contribution in [0.2, 0.25) is 0 Å². The van der Waals surface area contributed by atoms with Crippen molar-refractivity contribution in [1.29, 1.82) is 0 Å². The third-order valence-electron chi connectivity index (χ3n) is 3.43. The van der Waals surface area contributed by atoms with Gasteiger partial charge in [0, 0.05) is 24.2 Å². The molecule has 0 saturated carbocycles. The van der Waals surface area contributed by atoms with E-state index in [1.54, 1.807) is 19.2 Å². The van der Waals surface area contributed by atoms with E-state index in [-0.39, 0.29) is 18.4 Å². The zero-order chi connectivity index (χ0) is 16.1. The molecule has 1 aromatic carbocycles. The van der Waals surface area contributed by atoms with Crippen molar-refractivity contribution in [3.63, 3.8) is 0 Å². The predicted octanol–water partition coefficient (Wildman–Crippen LogP) is 1.31. The first kappa shape index (κ1) is 15.9. The van der Waals surface area contributed by atoms with Crippen molar-refractivity contribution in [3.05, 3.63) is 29.3 Å². The van der Waals surface area contributed by atoms with E-state index >= 15 is 0 Å². The molecule has 118 valence electrons. The maximum atomic E-state index is 12.6. The molecular weight excluding hydrogens is 284 g/mol. The Morgan fingerprint density at radius 1 is 1.32 bits per heavy atom. The number of rotatable bonds is 4. The second-order valence-corrected chi connectivity index (χ2v) is 4.88. The van der Waals surface area contributed by atoms with Gasteiger partial charge in [-0.1, -0.05) is 12.2 Å². The molecule has 1 aliphatic rings. The number of methoxy groups -OCH3 is 2. The zero-order valence-electron chi connectivity index (χ0n) is 13.0. The fraction of sp³-hybridized carbons (Fsp3) is 0.375. The summed E-state index contributed by atoms with van der Waals surface area (Å²) in [5.74, 6) is 0.728. The topological polar surface area (TPSA) is 67.9 Å². The summed E-state index contributed by atoms with van der Waals surface area (Å²) in [5, 5.41) is 2.70. The van der Waals surface area contributed by atoms with Crippen LogP contribution in [0.3, 0.4) is 0 Å². The molecule has 6 nitrogen and oxygen atoms in total.